The Hall–Kier alpha value is -2.38. The van der Waals surface area contributed by atoms with Gasteiger partial charge in [-0.25, -0.2) is 9.97 Å². The van der Waals surface area contributed by atoms with Crippen LogP contribution in [0.2, 0.25) is 5.15 Å². The third kappa shape index (κ3) is 6.56. The van der Waals surface area contributed by atoms with Gasteiger partial charge < -0.3 is 20.4 Å². The van der Waals surface area contributed by atoms with Crippen molar-refractivity contribution in [2.45, 2.75) is 70.9 Å². The summed E-state index contributed by atoms with van der Waals surface area (Å²) in [5.41, 5.74) is 2.86. The summed E-state index contributed by atoms with van der Waals surface area (Å²) in [6.07, 6.45) is 6.41. The van der Waals surface area contributed by atoms with Gasteiger partial charge in [0.15, 0.2) is 0 Å². The van der Waals surface area contributed by atoms with E-state index >= 15 is 0 Å². The van der Waals surface area contributed by atoms with Crippen LogP contribution >= 0.6 is 11.6 Å². The second kappa shape index (κ2) is 11.0. The van der Waals surface area contributed by atoms with Crippen LogP contribution in [-0.2, 0) is 4.79 Å². The summed E-state index contributed by atoms with van der Waals surface area (Å²) in [4.78, 5) is 22.1. The molecule has 1 aromatic carbocycles. The van der Waals surface area contributed by atoms with Crippen molar-refractivity contribution in [2.75, 3.05) is 16.8 Å². The number of rotatable bonds is 9. The summed E-state index contributed by atoms with van der Waals surface area (Å²) in [5, 5.41) is 22.9. The van der Waals surface area contributed by atoms with E-state index in [0.29, 0.717) is 22.9 Å². The maximum Gasteiger partial charge on any atom is 0.303 e. The zero-order chi connectivity index (χ0) is 23.3. The van der Waals surface area contributed by atoms with Crippen LogP contribution in [0.15, 0.2) is 30.6 Å². The monoisotopic (exact) mass is 460 g/mol. The predicted molar refractivity (Wildman–Crippen MR) is 128 cm³/mol. The maximum atomic E-state index is 11.2. The second-order valence-corrected chi connectivity index (χ2v) is 9.52. The molecule has 8 heteroatoms. The highest BCUT2D eigenvalue weighted by Gasteiger charge is 2.27. The van der Waals surface area contributed by atoms with E-state index in [1.165, 1.54) is 6.20 Å². The molecule has 3 rings (SSSR count). The van der Waals surface area contributed by atoms with Crippen molar-refractivity contribution in [3.8, 4) is 0 Å². The van der Waals surface area contributed by atoms with E-state index in [0.717, 1.165) is 49.2 Å². The van der Waals surface area contributed by atoms with Gasteiger partial charge in [-0.15, -0.1) is 0 Å². The number of nitrogens with one attached hydrogen (secondary N) is 1. The molecule has 7 nitrogen and oxygen atoms in total. The predicted octanol–water partition coefficient (Wildman–Crippen LogP) is 5.22. The standard InChI is InChI=1S/C24H33ClN4O3/c1-15(2)14-29(18-5-7-19(30)8-6-18)21-9-4-17(16(3)10-24(31)32)11-20(21)28-23-13-26-22(25)12-27-23/h4,9,11-13,15-16,18-19,30H,5-8,10,14H2,1-3H3,(H,27,28)(H,31,32)/t16-,18?,19?/m1/s1. The lowest BCUT2D eigenvalue weighted by atomic mass is 9.90. The molecule has 0 bridgehead atoms. The Morgan fingerprint density at radius 2 is 1.91 bits per heavy atom. The van der Waals surface area contributed by atoms with Crippen LogP contribution in [0, 0.1) is 5.92 Å². The Morgan fingerprint density at radius 1 is 1.19 bits per heavy atom. The van der Waals surface area contributed by atoms with E-state index in [2.05, 4.69) is 40.1 Å². The third-order valence-electron chi connectivity index (χ3n) is 5.93. The number of carboxylic acid groups (broad SMARTS) is 1. The van der Waals surface area contributed by atoms with E-state index < -0.39 is 5.97 Å². The van der Waals surface area contributed by atoms with Crippen LogP contribution < -0.4 is 10.2 Å². The van der Waals surface area contributed by atoms with Gasteiger partial charge in [-0.05, 0) is 55.2 Å². The number of carbonyl (C=O) groups is 1. The number of aliphatic hydroxyl groups excluding tert-OH is 1. The van der Waals surface area contributed by atoms with Crippen LogP contribution in [0.25, 0.3) is 0 Å². The zero-order valence-electron chi connectivity index (χ0n) is 19.0. The molecular weight excluding hydrogens is 428 g/mol. The number of carboxylic acids is 1. The smallest absolute Gasteiger partial charge is 0.303 e. The minimum absolute atomic E-state index is 0.0652. The first kappa shape index (κ1) is 24.3. The van der Waals surface area contributed by atoms with Gasteiger partial charge in [0, 0.05) is 12.6 Å². The molecule has 1 saturated carbocycles. The van der Waals surface area contributed by atoms with Crippen LogP contribution in [0.3, 0.4) is 0 Å². The topological polar surface area (TPSA) is 98.6 Å². The molecule has 0 spiro atoms. The number of aliphatic carboxylic acids is 1. The lowest BCUT2D eigenvalue weighted by molar-refractivity contribution is -0.137. The van der Waals surface area contributed by atoms with Gasteiger partial charge in [0.05, 0.1) is 36.3 Å². The Balaban J connectivity index is 1.99. The summed E-state index contributed by atoms with van der Waals surface area (Å²) < 4.78 is 0. The van der Waals surface area contributed by atoms with Crippen molar-refractivity contribution in [2.24, 2.45) is 5.92 Å². The highest BCUT2D eigenvalue weighted by atomic mass is 35.5. The Morgan fingerprint density at radius 3 is 2.50 bits per heavy atom. The molecule has 1 heterocycles. The molecule has 3 N–H and O–H groups in total. The Bertz CT molecular complexity index is 899. The summed E-state index contributed by atoms with van der Waals surface area (Å²) in [6.45, 7) is 7.20. The normalized spacial score (nSPS) is 19.6. The van der Waals surface area contributed by atoms with Gasteiger partial charge in [0.2, 0.25) is 0 Å². The largest absolute Gasteiger partial charge is 0.481 e. The molecule has 174 valence electrons. The molecule has 0 saturated heterocycles. The highest BCUT2D eigenvalue weighted by Crippen LogP contribution is 2.37. The molecule has 0 unspecified atom stereocenters. The number of benzene rings is 1. The fraction of sp³-hybridized carbons (Fsp3) is 0.542. The van der Waals surface area contributed by atoms with Gasteiger partial charge in [0.1, 0.15) is 11.0 Å². The Kier molecular flexibility index (Phi) is 8.32. The van der Waals surface area contributed by atoms with Crippen molar-refractivity contribution in [1.29, 1.82) is 0 Å². The molecule has 1 aliphatic carbocycles. The number of hydrogen-bond acceptors (Lipinski definition) is 6. The SMILES string of the molecule is CC(C)CN(c1ccc([C@H](C)CC(=O)O)cc1Nc1cnc(Cl)cn1)C1CCC(O)CC1. The Labute approximate surface area is 194 Å². The quantitative estimate of drug-likeness (QED) is 0.472. The molecule has 1 fully saturated rings. The van der Waals surface area contributed by atoms with E-state index in [4.69, 9.17) is 11.6 Å². The zero-order valence-corrected chi connectivity index (χ0v) is 19.7. The minimum Gasteiger partial charge on any atom is -0.481 e. The van der Waals surface area contributed by atoms with Crippen LogP contribution in [0.5, 0.6) is 0 Å². The first-order valence-corrected chi connectivity index (χ1v) is 11.7. The average Bonchev–Trinajstić information content (AvgIpc) is 2.74. The fourth-order valence-electron chi connectivity index (χ4n) is 4.31. The molecule has 1 atom stereocenters. The second-order valence-electron chi connectivity index (χ2n) is 9.13. The molecule has 0 radical (unpaired) electrons. The van der Waals surface area contributed by atoms with Crippen molar-refractivity contribution in [3.63, 3.8) is 0 Å². The number of anilines is 3. The number of aromatic nitrogens is 2. The average molecular weight is 461 g/mol. The van der Waals surface area contributed by atoms with Gasteiger partial charge in [-0.2, -0.15) is 0 Å². The number of aliphatic hydroxyl groups is 1. The molecule has 0 amide bonds. The lowest BCUT2D eigenvalue weighted by Gasteiger charge is -2.39. The summed E-state index contributed by atoms with van der Waals surface area (Å²) in [5.74, 6) is 0.0847. The van der Waals surface area contributed by atoms with E-state index in [1.807, 2.05) is 19.1 Å². The van der Waals surface area contributed by atoms with Crippen LogP contribution in [0.4, 0.5) is 17.2 Å². The van der Waals surface area contributed by atoms with Crippen molar-refractivity contribution >= 4 is 34.8 Å². The molecule has 32 heavy (non-hydrogen) atoms. The van der Waals surface area contributed by atoms with E-state index in [9.17, 15) is 15.0 Å². The number of nitrogens with zero attached hydrogens (tertiary/aromatic N) is 3. The maximum absolute atomic E-state index is 11.2. The number of hydrogen-bond donors (Lipinski definition) is 3. The first-order chi connectivity index (χ1) is 15.2. The molecule has 1 aliphatic rings. The highest BCUT2D eigenvalue weighted by molar-refractivity contribution is 6.29. The summed E-state index contributed by atoms with van der Waals surface area (Å²) in [6, 6.07) is 6.45. The van der Waals surface area contributed by atoms with Crippen molar-refractivity contribution in [1.82, 2.24) is 9.97 Å². The van der Waals surface area contributed by atoms with Gasteiger partial charge >= 0.3 is 5.97 Å². The third-order valence-corrected chi connectivity index (χ3v) is 6.13. The van der Waals surface area contributed by atoms with Crippen molar-refractivity contribution in [3.05, 3.63) is 41.3 Å². The van der Waals surface area contributed by atoms with Crippen LogP contribution in [0.1, 0.15) is 64.4 Å². The summed E-state index contributed by atoms with van der Waals surface area (Å²) >= 11 is 5.90. The fourth-order valence-corrected chi connectivity index (χ4v) is 4.41. The molecule has 1 aromatic heterocycles. The first-order valence-electron chi connectivity index (χ1n) is 11.3. The summed E-state index contributed by atoms with van der Waals surface area (Å²) in [7, 11) is 0. The number of halogens is 1. The lowest BCUT2D eigenvalue weighted by Crippen LogP contribution is -2.41. The minimum atomic E-state index is -0.818. The van der Waals surface area contributed by atoms with E-state index in [1.54, 1.807) is 6.20 Å². The van der Waals surface area contributed by atoms with Gasteiger partial charge in [-0.3, -0.25) is 4.79 Å². The molecular formula is C24H33ClN4O3. The van der Waals surface area contributed by atoms with E-state index in [-0.39, 0.29) is 18.4 Å². The van der Waals surface area contributed by atoms with Gasteiger partial charge in [-0.1, -0.05) is 38.4 Å². The molecule has 2 aromatic rings. The molecule has 0 aliphatic heterocycles. The van der Waals surface area contributed by atoms with Crippen molar-refractivity contribution < 1.29 is 15.0 Å². The van der Waals surface area contributed by atoms with Gasteiger partial charge in [0.25, 0.3) is 0 Å². The van der Waals surface area contributed by atoms with Crippen LogP contribution in [-0.4, -0.2) is 44.8 Å².